The first-order valence-electron chi connectivity index (χ1n) is 12.7. The molecule has 0 bridgehead atoms. The molecule has 7 heteroatoms. The second-order valence-electron chi connectivity index (χ2n) is 8.98. The third kappa shape index (κ3) is 8.40. The Labute approximate surface area is 237 Å². The lowest BCUT2D eigenvalue weighted by molar-refractivity contribution is -0.140. The van der Waals surface area contributed by atoms with Gasteiger partial charge >= 0.3 is 5.97 Å². The minimum atomic E-state index is -0.571. The number of thioether (sulfide) groups is 1. The van der Waals surface area contributed by atoms with Crippen molar-refractivity contribution in [2.24, 2.45) is 5.16 Å². The van der Waals surface area contributed by atoms with E-state index in [0.717, 1.165) is 33.1 Å². The number of ketones is 2. The molecule has 198 valence electrons. The van der Waals surface area contributed by atoms with Gasteiger partial charge in [0.15, 0.2) is 5.78 Å². The summed E-state index contributed by atoms with van der Waals surface area (Å²) in [6, 6.07) is 23.0. The van der Waals surface area contributed by atoms with Crippen LogP contribution in [0.3, 0.4) is 0 Å². The van der Waals surface area contributed by atoms with Crippen LogP contribution in [0.4, 0.5) is 0 Å². The Kier molecular flexibility index (Phi) is 10.1. The molecule has 39 heavy (non-hydrogen) atoms. The van der Waals surface area contributed by atoms with Crippen molar-refractivity contribution >= 4 is 46.8 Å². The molecule has 5 nitrogen and oxygen atoms in total. The molecule has 0 radical (unpaired) electrons. The number of rotatable bonds is 11. The quantitative estimate of drug-likeness (QED) is 0.0788. The lowest BCUT2D eigenvalue weighted by Gasteiger charge is -2.08. The zero-order chi connectivity index (χ0) is 27.6. The first kappa shape index (κ1) is 28.3. The van der Waals surface area contributed by atoms with Crippen LogP contribution in [-0.2, 0) is 9.63 Å². The van der Waals surface area contributed by atoms with E-state index in [1.54, 1.807) is 35.7 Å². The van der Waals surface area contributed by atoms with E-state index in [1.165, 1.54) is 12.5 Å². The van der Waals surface area contributed by atoms with Gasteiger partial charge in [0.25, 0.3) is 0 Å². The highest BCUT2D eigenvalue weighted by atomic mass is 32.2. The molecule has 0 saturated carbocycles. The van der Waals surface area contributed by atoms with Crippen molar-refractivity contribution in [3.63, 3.8) is 0 Å². The summed E-state index contributed by atoms with van der Waals surface area (Å²) in [6.45, 7) is 3.29. The van der Waals surface area contributed by atoms with Gasteiger partial charge in [0, 0.05) is 50.5 Å². The topological polar surface area (TPSA) is 72.8 Å². The highest BCUT2D eigenvalue weighted by Gasteiger charge is 2.16. The maximum atomic E-state index is 13.2. The number of nitrogens with zero attached hydrogens (tertiary/aromatic N) is 1. The molecular formula is C32H29NO4S2. The summed E-state index contributed by atoms with van der Waals surface area (Å²) in [6.07, 6.45) is 8.14. The van der Waals surface area contributed by atoms with Crippen molar-refractivity contribution < 1.29 is 19.2 Å². The van der Waals surface area contributed by atoms with Crippen molar-refractivity contribution in [1.82, 2.24) is 0 Å². The highest BCUT2D eigenvalue weighted by molar-refractivity contribution is 7.99. The van der Waals surface area contributed by atoms with E-state index in [-0.39, 0.29) is 17.3 Å². The summed E-state index contributed by atoms with van der Waals surface area (Å²) in [5.74, 6) is -0.187. The number of hydrogen-bond donors (Lipinski definition) is 0. The maximum absolute atomic E-state index is 13.2. The molecule has 3 aromatic carbocycles. The SMILES string of the molecule is CC(=O)O/N=C(\CCSc1ccc(C)cc1)C(=O)c1ccc(Sc2ccc(C(=O)C3=CCCC=C3)cc2)cc1. The molecule has 4 rings (SSSR count). The number of carbonyl (C=O) groups excluding carboxylic acids is 3. The average Bonchev–Trinajstić information content (AvgIpc) is 2.96. The summed E-state index contributed by atoms with van der Waals surface area (Å²) in [7, 11) is 0. The van der Waals surface area contributed by atoms with E-state index in [0.29, 0.717) is 23.3 Å². The largest absolute Gasteiger partial charge is 0.331 e. The second kappa shape index (κ2) is 13.9. The Bertz CT molecular complexity index is 1420. The predicted octanol–water partition coefficient (Wildman–Crippen LogP) is 7.89. The number of aryl methyl sites for hydroxylation is 1. The minimum Gasteiger partial charge on any atom is -0.318 e. The van der Waals surface area contributed by atoms with Gasteiger partial charge in [0.2, 0.25) is 5.78 Å². The number of Topliss-reactive ketones (excluding diaryl/α,β-unsaturated/α-hetero) is 2. The zero-order valence-corrected chi connectivity index (χ0v) is 23.5. The average molecular weight is 556 g/mol. The molecule has 0 aliphatic heterocycles. The van der Waals surface area contributed by atoms with E-state index < -0.39 is 5.97 Å². The van der Waals surface area contributed by atoms with Crippen LogP contribution in [0.2, 0.25) is 0 Å². The van der Waals surface area contributed by atoms with Gasteiger partial charge in [-0.05, 0) is 80.4 Å². The fourth-order valence-corrected chi connectivity index (χ4v) is 5.50. The van der Waals surface area contributed by atoms with E-state index in [9.17, 15) is 14.4 Å². The van der Waals surface area contributed by atoms with Crippen molar-refractivity contribution in [3.05, 3.63) is 113 Å². The maximum Gasteiger partial charge on any atom is 0.331 e. The smallest absolute Gasteiger partial charge is 0.318 e. The van der Waals surface area contributed by atoms with E-state index in [4.69, 9.17) is 4.84 Å². The van der Waals surface area contributed by atoms with Gasteiger partial charge < -0.3 is 4.84 Å². The van der Waals surface area contributed by atoms with Crippen LogP contribution < -0.4 is 0 Å². The Morgan fingerprint density at radius 1 is 0.821 bits per heavy atom. The fourth-order valence-electron chi connectivity index (χ4n) is 3.82. The molecule has 0 heterocycles. The van der Waals surface area contributed by atoms with Crippen molar-refractivity contribution in [1.29, 1.82) is 0 Å². The molecule has 0 amide bonds. The van der Waals surface area contributed by atoms with Gasteiger partial charge in [0.05, 0.1) is 0 Å². The van der Waals surface area contributed by atoms with Gasteiger partial charge in [-0.25, -0.2) is 4.79 Å². The van der Waals surface area contributed by atoms with E-state index in [1.807, 2.05) is 85.8 Å². The molecule has 0 spiro atoms. The third-order valence-corrected chi connectivity index (χ3v) is 7.93. The Hall–Kier alpha value is -3.68. The summed E-state index contributed by atoms with van der Waals surface area (Å²) in [4.78, 5) is 45.0. The molecular weight excluding hydrogens is 526 g/mol. The van der Waals surface area contributed by atoms with E-state index in [2.05, 4.69) is 5.16 Å². The standard InChI is InChI=1S/C32H29NO4S2/c1-22-8-14-27(15-9-22)38-21-20-30(33-37-23(2)34)32(36)26-12-18-29(19-13-26)39-28-16-10-25(11-17-28)31(35)24-6-4-3-5-7-24/h4,6-19H,3,5,20-21H2,1-2H3/b33-30+. The number of benzene rings is 3. The molecule has 0 saturated heterocycles. The molecule has 0 unspecified atom stereocenters. The lowest BCUT2D eigenvalue weighted by atomic mass is 9.98. The first-order chi connectivity index (χ1) is 18.9. The number of hydrogen-bond acceptors (Lipinski definition) is 7. The molecule has 0 fully saturated rings. The van der Waals surface area contributed by atoms with Crippen molar-refractivity contribution in [3.8, 4) is 0 Å². The van der Waals surface area contributed by atoms with Gasteiger partial charge in [-0.15, -0.1) is 11.8 Å². The first-order valence-corrected chi connectivity index (χ1v) is 14.5. The summed E-state index contributed by atoms with van der Waals surface area (Å²) in [5.41, 5.74) is 3.27. The monoisotopic (exact) mass is 555 g/mol. The second-order valence-corrected chi connectivity index (χ2v) is 11.3. The summed E-state index contributed by atoms with van der Waals surface area (Å²) in [5, 5.41) is 3.85. The molecule has 0 N–H and O–H groups in total. The van der Waals surface area contributed by atoms with Crippen LogP contribution in [0.15, 0.2) is 116 Å². The Morgan fingerprint density at radius 2 is 1.44 bits per heavy atom. The van der Waals surface area contributed by atoms with Gasteiger partial charge in [-0.3, -0.25) is 9.59 Å². The Morgan fingerprint density at radius 3 is 2.03 bits per heavy atom. The van der Waals surface area contributed by atoms with E-state index >= 15 is 0 Å². The summed E-state index contributed by atoms with van der Waals surface area (Å²) < 4.78 is 0. The zero-order valence-electron chi connectivity index (χ0n) is 21.9. The normalized spacial score (nSPS) is 13.1. The molecule has 0 atom stereocenters. The van der Waals surface area contributed by atoms with Crippen LogP contribution in [0.25, 0.3) is 0 Å². The molecule has 1 aliphatic carbocycles. The van der Waals surface area contributed by atoms with Crippen molar-refractivity contribution in [2.75, 3.05) is 5.75 Å². The number of oxime groups is 1. The summed E-state index contributed by atoms with van der Waals surface area (Å²) >= 11 is 3.16. The Balaban J connectivity index is 1.38. The van der Waals surface area contributed by atoms with Gasteiger partial charge in [-0.2, -0.15) is 0 Å². The minimum absolute atomic E-state index is 0.0360. The van der Waals surface area contributed by atoms with Crippen LogP contribution in [0.1, 0.15) is 52.5 Å². The number of carbonyl (C=O) groups is 3. The fraction of sp³-hybridized carbons (Fsp3) is 0.188. The van der Waals surface area contributed by atoms with Crippen LogP contribution in [0, 0.1) is 6.92 Å². The molecule has 1 aliphatic rings. The third-order valence-electron chi connectivity index (χ3n) is 5.90. The predicted molar refractivity (Wildman–Crippen MR) is 158 cm³/mol. The van der Waals surface area contributed by atoms with Crippen LogP contribution in [-0.4, -0.2) is 29.0 Å². The number of allylic oxidation sites excluding steroid dienone is 4. The highest BCUT2D eigenvalue weighted by Crippen LogP contribution is 2.29. The van der Waals surface area contributed by atoms with Gasteiger partial charge in [-0.1, -0.05) is 52.8 Å². The van der Waals surface area contributed by atoms with Crippen molar-refractivity contribution in [2.45, 2.75) is 47.8 Å². The van der Waals surface area contributed by atoms with Gasteiger partial charge in [0.1, 0.15) is 5.71 Å². The van der Waals surface area contributed by atoms with Crippen LogP contribution >= 0.6 is 23.5 Å². The lowest BCUT2D eigenvalue weighted by Crippen LogP contribution is -2.16. The molecule has 0 aromatic heterocycles. The molecule has 3 aromatic rings. The van der Waals surface area contributed by atoms with Crippen LogP contribution in [0.5, 0.6) is 0 Å².